The van der Waals surface area contributed by atoms with Gasteiger partial charge in [-0.15, -0.1) is 0 Å². The van der Waals surface area contributed by atoms with Gasteiger partial charge in [0, 0.05) is 17.8 Å². The summed E-state index contributed by atoms with van der Waals surface area (Å²) in [4.78, 5) is 18.2. The van der Waals surface area contributed by atoms with E-state index in [9.17, 15) is 15.2 Å². The van der Waals surface area contributed by atoms with Crippen LogP contribution in [0.1, 0.15) is 39.4 Å². The summed E-state index contributed by atoms with van der Waals surface area (Å²) in [5.41, 5.74) is 14.8. The highest BCUT2D eigenvalue weighted by Gasteiger charge is 2.37. The number of hydrogen-bond acceptors (Lipinski definition) is 8. The number of nitriles is 1. The molecule has 1 unspecified atom stereocenters. The highest BCUT2D eigenvalue weighted by Crippen LogP contribution is 2.50. The number of fused-ring (bicyclic) bond motifs is 2. The molecule has 0 fully saturated rings. The Morgan fingerprint density at radius 1 is 1.16 bits per heavy atom. The van der Waals surface area contributed by atoms with Gasteiger partial charge in [-0.25, -0.2) is 0 Å². The maximum Gasteiger partial charge on any atom is 0.258 e. The fraction of sp³-hybridized carbons (Fsp3) is 0.179. The molecule has 9 heteroatoms. The molecule has 0 spiro atoms. The van der Waals surface area contributed by atoms with Crippen LogP contribution in [0.15, 0.2) is 59.4 Å². The van der Waals surface area contributed by atoms with Gasteiger partial charge in [0.05, 0.1) is 29.8 Å². The third-order valence-corrected chi connectivity index (χ3v) is 6.70. The summed E-state index contributed by atoms with van der Waals surface area (Å²) >= 11 is 0. The number of methoxy groups -OCH3 is 1. The zero-order valence-electron chi connectivity index (χ0n) is 20.4. The molecular formula is C28H25N5O4. The molecule has 186 valence electrons. The molecule has 4 aromatic rings. The lowest BCUT2D eigenvalue weighted by molar-refractivity contribution is 0.414. The van der Waals surface area contributed by atoms with Crippen molar-refractivity contribution < 1.29 is 14.6 Å². The van der Waals surface area contributed by atoms with Crippen molar-refractivity contribution in [1.29, 1.82) is 5.26 Å². The summed E-state index contributed by atoms with van der Waals surface area (Å²) in [5.74, 6) is 0.249. The smallest absolute Gasteiger partial charge is 0.258 e. The van der Waals surface area contributed by atoms with Crippen molar-refractivity contribution in [3.05, 3.63) is 98.5 Å². The molecule has 5 rings (SSSR count). The number of nitrogen functional groups attached to an aromatic ring is 2. The first-order valence-corrected chi connectivity index (χ1v) is 11.7. The number of anilines is 2. The quantitative estimate of drug-likeness (QED) is 0.333. The molecule has 37 heavy (non-hydrogen) atoms. The Morgan fingerprint density at radius 3 is 2.59 bits per heavy atom. The van der Waals surface area contributed by atoms with Gasteiger partial charge >= 0.3 is 0 Å². The fourth-order valence-corrected chi connectivity index (χ4v) is 4.81. The SMILES string of the molecule is COc1ccc(CCn2c(C)cc(O)c(C3c4ccccc4Oc4nc(N)c(C#N)c(N)c43)c2=O)cc1. The molecule has 0 saturated heterocycles. The summed E-state index contributed by atoms with van der Waals surface area (Å²) in [6.45, 7) is 2.16. The highest BCUT2D eigenvalue weighted by molar-refractivity contribution is 5.75. The van der Waals surface area contributed by atoms with E-state index in [-0.39, 0.29) is 39.8 Å². The van der Waals surface area contributed by atoms with Gasteiger partial charge in [-0.3, -0.25) is 4.79 Å². The molecule has 0 saturated carbocycles. The van der Waals surface area contributed by atoms with Gasteiger partial charge < -0.3 is 30.6 Å². The van der Waals surface area contributed by atoms with Crippen LogP contribution in [0.4, 0.5) is 11.5 Å². The molecule has 0 radical (unpaired) electrons. The number of hydrogen-bond donors (Lipinski definition) is 3. The van der Waals surface area contributed by atoms with Crippen molar-refractivity contribution in [3.8, 4) is 29.2 Å². The molecule has 9 nitrogen and oxygen atoms in total. The number of pyridine rings is 2. The van der Waals surface area contributed by atoms with Gasteiger partial charge in [-0.1, -0.05) is 30.3 Å². The van der Waals surface area contributed by atoms with Crippen molar-refractivity contribution in [2.45, 2.75) is 25.8 Å². The van der Waals surface area contributed by atoms with Crippen molar-refractivity contribution in [3.63, 3.8) is 0 Å². The Hall–Kier alpha value is -4.97. The number of aromatic hydroxyl groups is 1. The van der Waals surface area contributed by atoms with Crippen LogP contribution in [0.5, 0.6) is 23.1 Å². The molecule has 0 bridgehead atoms. The van der Waals surface area contributed by atoms with Crippen LogP contribution in [0.25, 0.3) is 0 Å². The van der Waals surface area contributed by atoms with E-state index in [2.05, 4.69) is 4.98 Å². The number of aryl methyl sites for hydroxylation is 2. The lowest BCUT2D eigenvalue weighted by Gasteiger charge is -2.30. The van der Waals surface area contributed by atoms with Crippen molar-refractivity contribution in [2.75, 3.05) is 18.6 Å². The van der Waals surface area contributed by atoms with Crippen LogP contribution in [-0.2, 0) is 13.0 Å². The zero-order valence-corrected chi connectivity index (χ0v) is 20.4. The van der Waals surface area contributed by atoms with Crippen LogP contribution in [0.2, 0.25) is 0 Å². The molecule has 5 N–H and O–H groups in total. The molecule has 0 amide bonds. The molecule has 2 aromatic heterocycles. The minimum atomic E-state index is -0.819. The molecule has 1 atom stereocenters. The average Bonchev–Trinajstić information content (AvgIpc) is 2.88. The van der Waals surface area contributed by atoms with E-state index in [1.165, 1.54) is 0 Å². The van der Waals surface area contributed by atoms with Gasteiger partial charge in [0.25, 0.3) is 5.56 Å². The standard InChI is InChI=1S/C28H25N5O4/c1-15-13-20(34)23(28(35)33(15)12-11-16-7-9-17(36-2)10-8-16)22-18-5-3-4-6-21(18)37-27-24(22)25(30)19(14-29)26(31)32-27/h3-10,13,22,34H,11-12H2,1-2H3,(H4,30,31,32). The summed E-state index contributed by atoms with van der Waals surface area (Å²) in [6, 6.07) is 18.3. The second-order valence-electron chi connectivity index (χ2n) is 8.83. The van der Waals surface area contributed by atoms with E-state index in [4.69, 9.17) is 20.9 Å². The van der Waals surface area contributed by atoms with Crippen LogP contribution < -0.4 is 26.5 Å². The highest BCUT2D eigenvalue weighted by atomic mass is 16.5. The third kappa shape index (κ3) is 3.98. The minimum absolute atomic E-state index is 0.00170. The summed E-state index contributed by atoms with van der Waals surface area (Å²) in [7, 11) is 1.61. The first-order valence-electron chi connectivity index (χ1n) is 11.7. The maximum atomic E-state index is 14.0. The van der Waals surface area contributed by atoms with Gasteiger partial charge in [0.2, 0.25) is 5.88 Å². The van der Waals surface area contributed by atoms with Crippen LogP contribution in [0.3, 0.4) is 0 Å². The first-order chi connectivity index (χ1) is 17.8. The first kappa shape index (κ1) is 23.8. The van der Waals surface area contributed by atoms with E-state index in [1.807, 2.05) is 30.3 Å². The normalized spacial score (nSPS) is 13.7. The lowest BCUT2D eigenvalue weighted by atomic mass is 9.82. The number of ether oxygens (including phenoxy) is 2. The van der Waals surface area contributed by atoms with Gasteiger partial charge in [0.1, 0.15) is 34.7 Å². The van der Waals surface area contributed by atoms with E-state index in [0.29, 0.717) is 35.5 Å². The molecule has 1 aliphatic heterocycles. The van der Waals surface area contributed by atoms with Crippen molar-refractivity contribution in [1.82, 2.24) is 9.55 Å². The van der Waals surface area contributed by atoms with Gasteiger partial charge in [0.15, 0.2) is 0 Å². The Balaban J connectivity index is 1.67. The number of nitrogens with zero attached hydrogens (tertiary/aromatic N) is 3. The fourth-order valence-electron chi connectivity index (χ4n) is 4.81. The van der Waals surface area contributed by atoms with Crippen LogP contribution >= 0.6 is 0 Å². The van der Waals surface area contributed by atoms with E-state index >= 15 is 0 Å². The molecule has 0 aliphatic carbocycles. The number of nitrogens with two attached hydrogens (primary N) is 2. The predicted octanol–water partition coefficient (Wildman–Crippen LogP) is 3.83. The number of rotatable bonds is 5. The third-order valence-electron chi connectivity index (χ3n) is 6.70. The molecule has 2 aromatic carbocycles. The molecule has 1 aliphatic rings. The van der Waals surface area contributed by atoms with Crippen molar-refractivity contribution >= 4 is 11.5 Å². The minimum Gasteiger partial charge on any atom is -0.507 e. The summed E-state index contributed by atoms with van der Waals surface area (Å²) in [5, 5.41) is 20.7. The van der Waals surface area contributed by atoms with E-state index in [0.717, 1.165) is 11.3 Å². The molecule has 3 heterocycles. The topological polar surface area (TPSA) is 149 Å². The number of para-hydroxylation sites is 1. The monoisotopic (exact) mass is 495 g/mol. The summed E-state index contributed by atoms with van der Waals surface area (Å²) in [6.07, 6.45) is 0.592. The Kier molecular flexibility index (Phi) is 5.93. The van der Waals surface area contributed by atoms with E-state index < -0.39 is 5.92 Å². The average molecular weight is 496 g/mol. The van der Waals surface area contributed by atoms with Crippen LogP contribution in [-0.4, -0.2) is 21.8 Å². The predicted molar refractivity (Wildman–Crippen MR) is 139 cm³/mol. The van der Waals surface area contributed by atoms with E-state index in [1.54, 1.807) is 48.9 Å². The molecular weight excluding hydrogens is 470 g/mol. The Bertz CT molecular complexity index is 1620. The number of benzene rings is 2. The largest absolute Gasteiger partial charge is 0.507 e. The Morgan fingerprint density at radius 2 is 1.89 bits per heavy atom. The Labute approximate surface area is 213 Å². The zero-order chi connectivity index (χ0) is 26.3. The van der Waals surface area contributed by atoms with Crippen LogP contribution in [0, 0.1) is 18.3 Å². The second kappa shape index (κ2) is 9.24. The second-order valence-corrected chi connectivity index (χ2v) is 8.83. The lowest BCUT2D eigenvalue weighted by Crippen LogP contribution is -2.30. The van der Waals surface area contributed by atoms with Crippen molar-refractivity contribution in [2.24, 2.45) is 0 Å². The number of aromatic nitrogens is 2. The van der Waals surface area contributed by atoms with Gasteiger partial charge in [-0.2, -0.15) is 10.2 Å². The maximum absolute atomic E-state index is 14.0. The van der Waals surface area contributed by atoms with Gasteiger partial charge in [-0.05, 0) is 43.2 Å². The summed E-state index contributed by atoms with van der Waals surface area (Å²) < 4.78 is 12.8.